The molecule has 8 nitrogen and oxygen atoms in total. The van der Waals surface area contributed by atoms with E-state index in [1.807, 2.05) is 0 Å². The van der Waals surface area contributed by atoms with Gasteiger partial charge in [-0.2, -0.15) is 4.68 Å². The molecule has 0 unspecified atom stereocenters. The first-order chi connectivity index (χ1) is 8.10. The highest BCUT2D eigenvalue weighted by Crippen LogP contribution is 2.23. The maximum absolute atomic E-state index is 10.6. The zero-order valence-electron chi connectivity index (χ0n) is 8.62. The monoisotopic (exact) mass is 318 g/mol. The van der Waals surface area contributed by atoms with Crippen LogP contribution in [0.1, 0.15) is 5.01 Å². The molecule has 10 heteroatoms. The highest BCUT2D eigenvalue weighted by atomic mass is 79.9. The van der Waals surface area contributed by atoms with Crippen LogP contribution in [-0.2, 0) is 6.54 Å². The van der Waals surface area contributed by atoms with Crippen LogP contribution < -0.4 is 5.32 Å². The fourth-order valence-corrected chi connectivity index (χ4v) is 2.29. The molecule has 0 aromatic carbocycles. The van der Waals surface area contributed by atoms with Crippen molar-refractivity contribution in [2.45, 2.75) is 6.54 Å². The number of rotatable bonds is 4. The molecule has 0 fully saturated rings. The molecule has 0 saturated carbocycles. The smallest absolute Gasteiger partial charge is 0.363 e. The molecule has 0 saturated heterocycles. The van der Waals surface area contributed by atoms with Crippen molar-refractivity contribution in [2.24, 2.45) is 0 Å². The van der Waals surface area contributed by atoms with Gasteiger partial charge in [-0.05, 0) is 20.9 Å². The Kier molecular flexibility index (Phi) is 3.33. The van der Waals surface area contributed by atoms with E-state index in [1.54, 1.807) is 13.2 Å². The van der Waals surface area contributed by atoms with Crippen molar-refractivity contribution in [3.05, 3.63) is 25.8 Å². The van der Waals surface area contributed by atoms with Gasteiger partial charge in [-0.3, -0.25) is 0 Å². The lowest BCUT2D eigenvalue weighted by atomic mass is 10.6. The highest BCUT2D eigenvalue weighted by Gasteiger charge is 2.19. The van der Waals surface area contributed by atoms with Gasteiger partial charge < -0.3 is 15.4 Å². The van der Waals surface area contributed by atoms with Gasteiger partial charge in [0.25, 0.3) is 0 Å². The Balaban J connectivity index is 2.18. The fourth-order valence-electron chi connectivity index (χ4n) is 1.15. The molecule has 0 aliphatic rings. The number of nitrogens with zero attached hydrogens (tertiary/aromatic N) is 5. The minimum atomic E-state index is -0.542. The average molecular weight is 319 g/mol. The van der Waals surface area contributed by atoms with Gasteiger partial charge in [-0.1, -0.05) is 11.3 Å². The second-order valence-corrected chi connectivity index (χ2v) is 4.92. The third-order valence-electron chi connectivity index (χ3n) is 1.85. The summed E-state index contributed by atoms with van der Waals surface area (Å²) < 4.78 is 1.79. The summed E-state index contributed by atoms with van der Waals surface area (Å²) in [5, 5.41) is 26.5. The highest BCUT2D eigenvalue weighted by molar-refractivity contribution is 9.10. The molecular formula is C7H7BrN6O2S. The molecule has 2 rings (SSSR count). The fraction of sp³-hybridized carbons (Fsp3) is 0.286. The molecule has 2 heterocycles. The van der Waals surface area contributed by atoms with Gasteiger partial charge in [-0.25, -0.2) is 0 Å². The summed E-state index contributed by atoms with van der Waals surface area (Å²) in [5.41, 5.74) is 0. The van der Waals surface area contributed by atoms with Gasteiger partial charge in [0.05, 0.1) is 11.3 Å². The molecule has 17 heavy (non-hydrogen) atoms. The van der Waals surface area contributed by atoms with Crippen molar-refractivity contribution < 1.29 is 4.92 Å². The van der Waals surface area contributed by atoms with Crippen LogP contribution >= 0.6 is 27.3 Å². The quantitative estimate of drug-likeness (QED) is 0.677. The molecule has 90 valence electrons. The summed E-state index contributed by atoms with van der Waals surface area (Å²) in [4.78, 5) is 10.1. The summed E-state index contributed by atoms with van der Waals surface area (Å²) in [6, 6.07) is 0. The normalized spacial score (nSPS) is 10.5. The minimum absolute atomic E-state index is 0.205. The molecule has 2 aromatic rings. The Morgan fingerprint density at radius 1 is 1.65 bits per heavy atom. The maximum atomic E-state index is 10.6. The zero-order chi connectivity index (χ0) is 12.4. The number of anilines is 1. The Morgan fingerprint density at radius 2 is 2.41 bits per heavy atom. The number of nitrogens with one attached hydrogen (secondary N) is 1. The van der Waals surface area contributed by atoms with Crippen molar-refractivity contribution in [3.8, 4) is 0 Å². The zero-order valence-corrected chi connectivity index (χ0v) is 11.0. The van der Waals surface area contributed by atoms with Crippen LogP contribution in [0.15, 0.2) is 10.7 Å². The first-order valence-electron chi connectivity index (χ1n) is 4.47. The van der Waals surface area contributed by atoms with Gasteiger partial charge in [-0.15, -0.1) is 10.2 Å². The lowest BCUT2D eigenvalue weighted by Crippen LogP contribution is -2.00. The SMILES string of the molecule is CNc1nnc(Cn2cc(Br)c([N+](=O)[O-])n2)s1. The van der Waals surface area contributed by atoms with E-state index in [4.69, 9.17) is 0 Å². The van der Waals surface area contributed by atoms with Crippen LogP contribution in [0.3, 0.4) is 0 Å². The summed E-state index contributed by atoms with van der Waals surface area (Å²) in [6.45, 7) is 0.353. The van der Waals surface area contributed by atoms with E-state index in [0.29, 0.717) is 16.1 Å². The molecule has 0 aliphatic heterocycles. The van der Waals surface area contributed by atoms with Gasteiger partial charge in [0.15, 0.2) is 0 Å². The summed E-state index contributed by atoms with van der Waals surface area (Å²) in [7, 11) is 1.75. The number of hydrogen-bond acceptors (Lipinski definition) is 7. The first-order valence-corrected chi connectivity index (χ1v) is 6.08. The largest absolute Gasteiger partial charge is 0.404 e. The molecule has 0 atom stereocenters. The van der Waals surface area contributed by atoms with Crippen LogP contribution in [0.5, 0.6) is 0 Å². The molecular weight excluding hydrogens is 312 g/mol. The van der Waals surface area contributed by atoms with Crippen molar-refractivity contribution >= 4 is 38.2 Å². The van der Waals surface area contributed by atoms with Crippen molar-refractivity contribution in [1.82, 2.24) is 20.0 Å². The molecule has 0 radical (unpaired) electrons. The van der Waals surface area contributed by atoms with Gasteiger partial charge in [0.1, 0.15) is 16.0 Å². The van der Waals surface area contributed by atoms with E-state index < -0.39 is 4.92 Å². The van der Waals surface area contributed by atoms with Crippen molar-refractivity contribution in [3.63, 3.8) is 0 Å². The van der Waals surface area contributed by atoms with Crippen molar-refractivity contribution in [1.29, 1.82) is 0 Å². The standard InChI is InChI=1S/C7H7BrN6O2S/c1-9-7-11-10-5(17-7)3-13-2-4(8)6(12-13)14(15)16/h2H,3H2,1H3,(H,9,11). The van der Waals surface area contributed by atoms with E-state index in [1.165, 1.54) is 16.0 Å². The summed E-state index contributed by atoms with van der Waals surface area (Å²) >= 11 is 4.45. The van der Waals surface area contributed by atoms with E-state index >= 15 is 0 Å². The lowest BCUT2D eigenvalue weighted by Gasteiger charge is -1.89. The van der Waals surface area contributed by atoms with Crippen molar-refractivity contribution in [2.75, 3.05) is 12.4 Å². The van der Waals surface area contributed by atoms with E-state index in [-0.39, 0.29) is 5.82 Å². The Labute approximate surface area is 108 Å². The predicted octanol–water partition coefficient (Wildman–Crippen LogP) is 1.50. The van der Waals surface area contributed by atoms with E-state index in [0.717, 1.165) is 5.01 Å². The van der Waals surface area contributed by atoms with Gasteiger partial charge >= 0.3 is 5.82 Å². The van der Waals surface area contributed by atoms with Gasteiger partial charge in [0, 0.05) is 7.05 Å². The van der Waals surface area contributed by atoms with Crippen LogP contribution in [0.4, 0.5) is 10.9 Å². The average Bonchev–Trinajstić information content (AvgIpc) is 2.85. The minimum Gasteiger partial charge on any atom is -0.363 e. The van der Waals surface area contributed by atoms with Gasteiger partial charge in [0.2, 0.25) is 5.13 Å². The number of nitro groups is 1. The molecule has 0 spiro atoms. The molecule has 2 aromatic heterocycles. The Hall–Kier alpha value is -1.55. The number of hydrogen-bond donors (Lipinski definition) is 1. The summed E-state index contributed by atoms with van der Waals surface area (Å²) in [5.74, 6) is -0.205. The maximum Gasteiger partial charge on any atom is 0.404 e. The molecule has 0 bridgehead atoms. The topological polar surface area (TPSA) is 98.8 Å². The third kappa shape index (κ3) is 2.58. The Bertz CT molecular complexity index is 552. The van der Waals surface area contributed by atoms with Crippen LogP contribution in [0.2, 0.25) is 0 Å². The summed E-state index contributed by atoms with van der Waals surface area (Å²) in [6.07, 6.45) is 1.54. The van der Waals surface area contributed by atoms with Crippen LogP contribution in [0.25, 0.3) is 0 Å². The third-order valence-corrected chi connectivity index (χ3v) is 3.33. The predicted molar refractivity (Wildman–Crippen MR) is 65.1 cm³/mol. The first kappa shape index (κ1) is 11.9. The second kappa shape index (κ2) is 4.75. The second-order valence-electron chi connectivity index (χ2n) is 3.01. The molecule has 0 amide bonds. The molecule has 1 N–H and O–H groups in total. The van der Waals surface area contributed by atoms with Crippen LogP contribution in [-0.4, -0.2) is 31.9 Å². The molecule has 0 aliphatic carbocycles. The number of halogens is 1. The van der Waals surface area contributed by atoms with Crippen LogP contribution in [0, 0.1) is 10.1 Å². The Morgan fingerprint density at radius 3 is 2.94 bits per heavy atom. The van der Waals surface area contributed by atoms with E-state index in [2.05, 4.69) is 36.5 Å². The lowest BCUT2D eigenvalue weighted by molar-refractivity contribution is -0.390. The van der Waals surface area contributed by atoms with E-state index in [9.17, 15) is 10.1 Å². The number of aromatic nitrogens is 4.